The van der Waals surface area contributed by atoms with Crippen molar-refractivity contribution in [3.05, 3.63) is 34.6 Å². The number of nitrogens with two attached hydrogens (primary N) is 1. The predicted molar refractivity (Wildman–Crippen MR) is 70.7 cm³/mol. The molecular formula is C12H17ClFNS. The van der Waals surface area contributed by atoms with E-state index in [1.807, 2.05) is 6.07 Å². The summed E-state index contributed by atoms with van der Waals surface area (Å²) in [5.74, 6) is 0.493. The van der Waals surface area contributed by atoms with E-state index in [0.717, 1.165) is 11.3 Å². The zero-order valence-electron chi connectivity index (χ0n) is 9.54. The van der Waals surface area contributed by atoms with Gasteiger partial charge < -0.3 is 5.73 Å². The Labute approximate surface area is 106 Å². The van der Waals surface area contributed by atoms with Crippen LogP contribution in [0.2, 0.25) is 5.02 Å². The van der Waals surface area contributed by atoms with Crippen molar-refractivity contribution in [3.8, 4) is 0 Å². The van der Waals surface area contributed by atoms with Crippen LogP contribution in [0.15, 0.2) is 18.2 Å². The standard InChI is InChI=1S/C12H17ClFNS/c1-8(2)16-7-10(15)6-9-4-3-5-11(14)12(9)13/h3-5,8,10H,6-7,15H2,1-2H3. The van der Waals surface area contributed by atoms with Gasteiger partial charge in [0.1, 0.15) is 5.82 Å². The van der Waals surface area contributed by atoms with Crippen LogP contribution in [-0.4, -0.2) is 17.0 Å². The maximum Gasteiger partial charge on any atom is 0.142 e. The van der Waals surface area contributed by atoms with Gasteiger partial charge in [0.15, 0.2) is 0 Å². The van der Waals surface area contributed by atoms with Crippen LogP contribution in [0.4, 0.5) is 4.39 Å². The van der Waals surface area contributed by atoms with Gasteiger partial charge >= 0.3 is 0 Å². The minimum atomic E-state index is -0.372. The lowest BCUT2D eigenvalue weighted by Gasteiger charge is -2.14. The smallest absolute Gasteiger partial charge is 0.142 e. The van der Waals surface area contributed by atoms with Gasteiger partial charge in [-0.2, -0.15) is 11.8 Å². The van der Waals surface area contributed by atoms with Gasteiger partial charge in [0.2, 0.25) is 0 Å². The molecule has 1 aromatic rings. The Kier molecular flexibility index (Phi) is 5.59. The van der Waals surface area contributed by atoms with Crippen molar-refractivity contribution >= 4 is 23.4 Å². The van der Waals surface area contributed by atoms with Crippen LogP contribution in [0.3, 0.4) is 0 Å². The van der Waals surface area contributed by atoms with E-state index in [0.29, 0.717) is 11.7 Å². The Morgan fingerprint density at radius 2 is 2.12 bits per heavy atom. The van der Waals surface area contributed by atoms with Crippen LogP contribution in [0.1, 0.15) is 19.4 Å². The Morgan fingerprint density at radius 3 is 2.75 bits per heavy atom. The second-order valence-corrected chi connectivity index (χ2v) is 6.05. The number of thioether (sulfide) groups is 1. The lowest BCUT2D eigenvalue weighted by Crippen LogP contribution is -2.26. The molecule has 1 unspecified atom stereocenters. The molecule has 0 bridgehead atoms. The maximum absolute atomic E-state index is 13.2. The van der Waals surface area contributed by atoms with E-state index >= 15 is 0 Å². The highest BCUT2D eigenvalue weighted by Crippen LogP contribution is 2.21. The highest BCUT2D eigenvalue weighted by molar-refractivity contribution is 7.99. The van der Waals surface area contributed by atoms with E-state index in [1.54, 1.807) is 17.8 Å². The summed E-state index contributed by atoms with van der Waals surface area (Å²) in [5.41, 5.74) is 6.76. The zero-order chi connectivity index (χ0) is 12.1. The molecule has 0 saturated heterocycles. The number of hydrogen-bond donors (Lipinski definition) is 1. The van der Waals surface area contributed by atoms with Crippen LogP contribution in [-0.2, 0) is 6.42 Å². The van der Waals surface area contributed by atoms with Gasteiger partial charge in [-0.05, 0) is 23.3 Å². The van der Waals surface area contributed by atoms with Gasteiger partial charge in [-0.1, -0.05) is 37.6 Å². The largest absolute Gasteiger partial charge is 0.327 e. The molecule has 0 saturated carbocycles. The van der Waals surface area contributed by atoms with Crippen molar-refractivity contribution in [2.75, 3.05) is 5.75 Å². The van der Waals surface area contributed by atoms with E-state index in [2.05, 4.69) is 13.8 Å². The molecule has 0 fully saturated rings. The van der Waals surface area contributed by atoms with Crippen LogP contribution in [0.5, 0.6) is 0 Å². The van der Waals surface area contributed by atoms with Gasteiger partial charge in [0, 0.05) is 11.8 Å². The third kappa shape index (κ3) is 4.32. The molecule has 0 aliphatic rings. The van der Waals surface area contributed by atoms with Crippen molar-refractivity contribution in [3.63, 3.8) is 0 Å². The van der Waals surface area contributed by atoms with Crippen LogP contribution >= 0.6 is 23.4 Å². The topological polar surface area (TPSA) is 26.0 Å². The summed E-state index contributed by atoms with van der Waals surface area (Å²) in [6.07, 6.45) is 0.621. The van der Waals surface area contributed by atoms with Gasteiger partial charge in [-0.25, -0.2) is 4.39 Å². The fourth-order valence-electron chi connectivity index (χ4n) is 1.36. The van der Waals surface area contributed by atoms with Crippen molar-refractivity contribution in [2.45, 2.75) is 31.6 Å². The molecule has 4 heteroatoms. The Balaban J connectivity index is 2.56. The quantitative estimate of drug-likeness (QED) is 0.878. The lowest BCUT2D eigenvalue weighted by molar-refractivity contribution is 0.623. The molecule has 90 valence electrons. The van der Waals surface area contributed by atoms with Gasteiger partial charge in [0.25, 0.3) is 0 Å². The normalized spacial score (nSPS) is 13.1. The van der Waals surface area contributed by atoms with Crippen LogP contribution in [0.25, 0.3) is 0 Å². The molecule has 0 aliphatic carbocycles. The molecule has 0 aromatic heterocycles. The van der Waals surface area contributed by atoms with Crippen molar-refractivity contribution < 1.29 is 4.39 Å². The summed E-state index contributed by atoms with van der Waals surface area (Å²) in [5, 5.41) is 0.765. The third-order valence-electron chi connectivity index (χ3n) is 2.16. The van der Waals surface area contributed by atoms with E-state index in [9.17, 15) is 4.39 Å². The second-order valence-electron chi connectivity index (χ2n) is 4.06. The summed E-state index contributed by atoms with van der Waals surface area (Å²) in [6.45, 7) is 4.26. The molecule has 0 heterocycles. The molecule has 2 N–H and O–H groups in total. The number of hydrogen-bond acceptors (Lipinski definition) is 2. The molecule has 1 aromatic carbocycles. The molecule has 1 nitrogen and oxygen atoms in total. The second kappa shape index (κ2) is 6.48. The van der Waals surface area contributed by atoms with Crippen molar-refractivity contribution in [1.82, 2.24) is 0 Å². The van der Waals surface area contributed by atoms with E-state index in [-0.39, 0.29) is 16.9 Å². The Hall–Kier alpha value is -0.250. The fourth-order valence-corrected chi connectivity index (χ4v) is 2.32. The first-order valence-corrected chi connectivity index (χ1v) is 6.73. The lowest BCUT2D eigenvalue weighted by atomic mass is 10.1. The SMILES string of the molecule is CC(C)SCC(N)Cc1cccc(F)c1Cl. The molecule has 0 aliphatic heterocycles. The van der Waals surface area contributed by atoms with Gasteiger partial charge in [-0.15, -0.1) is 0 Å². The molecule has 1 atom stereocenters. The summed E-state index contributed by atoms with van der Waals surface area (Å²) in [6, 6.07) is 4.87. The molecule has 16 heavy (non-hydrogen) atoms. The van der Waals surface area contributed by atoms with Crippen LogP contribution in [0, 0.1) is 5.82 Å². The zero-order valence-corrected chi connectivity index (χ0v) is 11.1. The van der Waals surface area contributed by atoms with Crippen molar-refractivity contribution in [2.24, 2.45) is 5.73 Å². The highest BCUT2D eigenvalue weighted by Gasteiger charge is 2.10. The first-order chi connectivity index (χ1) is 7.50. The molecule has 0 amide bonds. The van der Waals surface area contributed by atoms with Crippen molar-refractivity contribution in [1.29, 1.82) is 0 Å². The predicted octanol–water partition coefficient (Wildman–Crippen LogP) is 3.49. The number of rotatable bonds is 5. The minimum absolute atomic E-state index is 0.0201. The molecule has 0 radical (unpaired) electrons. The monoisotopic (exact) mass is 261 g/mol. The number of halogens is 2. The summed E-state index contributed by atoms with van der Waals surface area (Å²) in [7, 11) is 0. The number of benzene rings is 1. The average Bonchev–Trinajstić information content (AvgIpc) is 2.22. The van der Waals surface area contributed by atoms with E-state index in [1.165, 1.54) is 6.07 Å². The third-order valence-corrected chi connectivity index (χ3v) is 3.87. The van der Waals surface area contributed by atoms with E-state index in [4.69, 9.17) is 17.3 Å². The first kappa shape index (κ1) is 13.8. The molecular weight excluding hydrogens is 245 g/mol. The fraction of sp³-hybridized carbons (Fsp3) is 0.500. The molecule has 1 rings (SSSR count). The highest BCUT2D eigenvalue weighted by atomic mass is 35.5. The summed E-state index contributed by atoms with van der Waals surface area (Å²) < 4.78 is 13.2. The summed E-state index contributed by atoms with van der Waals surface area (Å²) in [4.78, 5) is 0. The maximum atomic E-state index is 13.2. The minimum Gasteiger partial charge on any atom is -0.327 e. The van der Waals surface area contributed by atoms with E-state index < -0.39 is 0 Å². The van der Waals surface area contributed by atoms with Crippen LogP contribution < -0.4 is 5.73 Å². The first-order valence-electron chi connectivity index (χ1n) is 5.30. The Bertz CT molecular complexity index is 344. The summed E-state index contributed by atoms with van der Waals surface area (Å²) >= 11 is 7.67. The van der Waals surface area contributed by atoms with Gasteiger partial charge in [0.05, 0.1) is 5.02 Å². The average molecular weight is 262 g/mol. The van der Waals surface area contributed by atoms with Gasteiger partial charge in [-0.3, -0.25) is 0 Å². The molecule has 0 spiro atoms. The Morgan fingerprint density at radius 1 is 1.44 bits per heavy atom.